The lowest BCUT2D eigenvalue weighted by molar-refractivity contribution is -0.145. The summed E-state index contributed by atoms with van der Waals surface area (Å²) in [4.78, 5) is 47.4. The van der Waals surface area contributed by atoms with Crippen LogP contribution < -0.4 is 20.1 Å². The Morgan fingerprint density at radius 3 is 2.58 bits per heavy atom. The lowest BCUT2D eigenvalue weighted by Gasteiger charge is -2.30. The molecule has 14 heteroatoms. The Kier molecular flexibility index (Phi) is 10.4. The molecule has 1 aromatic heterocycles. The monoisotopic (exact) mass is 760 g/mol. The van der Waals surface area contributed by atoms with Gasteiger partial charge in [-0.05, 0) is 56.0 Å². The van der Waals surface area contributed by atoms with Gasteiger partial charge in [0.05, 0.1) is 30.4 Å². The number of hydrogen-bond donors (Lipinski definition) is 3. The third kappa shape index (κ3) is 8.08. The van der Waals surface area contributed by atoms with Crippen LogP contribution in [-0.4, -0.2) is 70.2 Å². The molecule has 4 aromatic rings. The molecule has 2 amide bonds. The van der Waals surface area contributed by atoms with Crippen molar-refractivity contribution in [2.45, 2.75) is 74.8 Å². The molecule has 5 atom stereocenters. The van der Waals surface area contributed by atoms with Crippen molar-refractivity contribution in [2.75, 3.05) is 19.0 Å². The van der Waals surface area contributed by atoms with Gasteiger partial charge in [0.1, 0.15) is 41.0 Å². The fraction of sp³-hybridized carbons (Fsp3) is 0.366. The first-order chi connectivity index (χ1) is 26.3. The van der Waals surface area contributed by atoms with E-state index in [1.165, 1.54) is 4.90 Å². The van der Waals surface area contributed by atoms with Crippen molar-refractivity contribution >= 4 is 34.4 Å². The molecule has 3 N–H and O–H groups in total. The molecule has 0 bridgehead atoms. The lowest BCUT2D eigenvalue weighted by Crippen LogP contribution is -2.55. The number of carboxylic acid groups (broad SMARTS) is 1. The van der Waals surface area contributed by atoms with E-state index in [0.29, 0.717) is 59.8 Å². The minimum Gasteiger partial charge on any atom is -0.497 e. The predicted molar refractivity (Wildman–Crippen MR) is 196 cm³/mol. The maximum atomic E-state index is 14.6. The second-order valence-corrected chi connectivity index (χ2v) is 14.3. The molecule has 0 spiro atoms. The third-order valence-electron chi connectivity index (χ3n) is 10.5. The summed E-state index contributed by atoms with van der Waals surface area (Å²) in [5.41, 5.74) is -0.999. The van der Waals surface area contributed by atoms with Crippen LogP contribution in [0.5, 0.6) is 11.5 Å². The number of hydrogen-bond acceptors (Lipinski definition) is 7. The molecule has 0 radical (unpaired) electrons. The van der Waals surface area contributed by atoms with E-state index in [4.69, 9.17) is 14.5 Å². The van der Waals surface area contributed by atoms with Gasteiger partial charge in [0.15, 0.2) is 0 Å². The Labute approximate surface area is 314 Å². The molecule has 10 nitrogen and oxygen atoms in total. The Morgan fingerprint density at radius 1 is 1.04 bits per heavy atom. The number of nitrogens with one attached hydrogen (secondary N) is 2. The molecule has 55 heavy (non-hydrogen) atoms. The molecule has 3 aromatic carbocycles. The van der Waals surface area contributed by atoms with Gasteiger partial charge in [0.2, 0.25) is 11.8 Å². The highest BCUT2D eigenvalue weighted by atomic mass is 19.4. The summed E-state index contributed by atoms with van der Waals surface area (Å²) in [6, 6.07) is 16.2. The highest BCUT2D eigenvalue weighted by molar-refractivity contribution is 5.96. The molecule has 3 heterocycles. The Morgan fingerprint density at radius 2 is 1.84 bits per heavy atom. The number of halogens is 4. The zero-order valence-electron chi connectivity index (χ0n) is 29.9. The standard InChI is InChI=1S/C41H40F4N4O6/c1-54-29-14-15-31-34(19-29)47-33(24-10-6-5-7-11-24)21-36(31)55-30-20-35-37(50)48-40(39(52)53)22-25(40)12-8-3-2-4-9-13-32(38(51)49(35)23-30)46-28-17-26(41(43,44)45)16-27(42)18-28/h5-8,10-12,14-19,21,25,30,32,35,46H,2-4,9,13,20,22-23H2,1H3,(H,48,50)(H,52,53)/b12-8-/t25-,30-,32+,35+,40-/m1/s1. The van der Waals surface area contributed by atoms with Gasteiger partial charge >= 0.3 is 12.1 Å². The first kappa shape index (κ1) is 37.6. The van der Waals surface area contributed by atoms with E-state index in [2.05, 4.69) is 10.6 Å². The van der Waals surface area contributed by atoms with Crippen LogP contribution in [0, 0.1) is 11.7 Å². The number of pyridine rings is 1. The van der Waals surface area contributed by atoms with Gasteiger partial charge in [-0.3, -0.25) is 9.59 Å². The van der Waals surface area contributed by atoms with Crippen LogP contribution in [-0.2, 0) is 20.6 Å². The molecule has 7 rings (SSSR count). The highest BCUT2D eigenvalue weighted by Crippen LogP contribution is 2.46. The van der Waals surface area contributed by atoms with Gasteiger partial charge in [-0.25, -0.2) is 14.2 Å². The Balaban J connectivity index is 1.25. The summed E-state index contributed by atoms with van der Waals surface area (Å²) in [6.45, 7) is -0.101. The molecule has 1 aliphatic carbocycles. The average Bonchev–Trinajstić information content (AvgIpc) is 3.70. The van der Waals surface area contributed by atoms with Crippen LogP contribution in [0.1, 0.15) is 50.5 Å². The smallest absolute Gasteiger partial charge is 0.416 e. The fourth-order valence-corrected chi connectivity index (χ4v) is 7.52. The quantitative estimate of drug-likeness (QED) is 0.132. The van der Waals surface area contributed by atoms with Crippen LogP contribution in [0.3, 0.4) is 0 Å². The normalized spacial score (nSPS) is 25.1. The number of aromatic nitrogens is 1. The van der Waals surface area contributed by atoms with Crippen LogP contribution in [0.15, 0.2) is 84.9 Å². The number of aliphatic carboxylic acids is 1. The molecular formula is C41H40F4N4O6. The average molecular weight is 761 g/mol. The van der Waals surface area contributed by atoms with Crippen molar-refractivity contribution in [3.8, 4) is 22.8 Å². The van der Waals surface area contributed by atoms with Gasteiger partial charge in [-0.2, -0.15) is 13.2 Å². The molecule has 288 valence electrons. The van der Waals surface area contributed by atoms with E-state index in [1.54, 1.807) is 37.5 Å². The van der Waals surface area contributed by atoms with Crippen molar-refractivity contribution in [3.63, 3.8) is 0 Å². The van der Waals surface area contributed by atoms with E-state index in [1.807, 2.05) is 36.4 Å². The highest BCUT2D eigenvalue weighted by Gasteiger charge is 2.61. The number of carbonyl (C=O) groups excluding carboxylic acids is 2. The van der Waals surface area contributed by atoms with Crippen molar-refractivity contribution in [1.82, 2.24) is 15.2 Å². The van der Waals surface area contributed by atoms with E-state index in [-0.39, 0.29) is 31.5 Å². The number of nitrogens with zero attached hydrogens (tertiary/aromatic N) is 2. The summed E-state index contributed by atoms with van der Waals surface area (Å²) in [5, 5.41) is 16.4. The molecule has 1 saturated heterocycles. The topological polar surface area (TPSA) is 130 Å². The Bertz CT molecular complexity index is 2130. The minimum absolute atomic E-state index is 0.0146. The zero-order chi connectivity index (χ0) is 38.9. The van der Waals surface area contributed by atoms with E-state index in [9.17, 15) is 37.1 Å². The number of rotatable bonds is 7. The zero-order valence-corrected chi connectivity index (χ0v) is 29.9. The van der Waals surface area contributed by atoms with Gasteiger partial charge in [0, 0.05) is 41.1 Å². The summed E-state index contributed by atoms with van der Waals surface area (Å²) in [5.74, 6) is -3.05. The van der Waals surface area contributed by atoms with Crippen molar-refractivity contribution < 1.29 is 46.5 Å². The Hall–Kier alpha value is -5.66. The maximum Gasteiger partial charge on any atom is 0.416 e. The largest absolute Gasteiger partial charge is 0.497 e. The van der Waals surface area contributed by atoms with Crippen molar-refractivity contribution in [2.24, 2.45) is 5.92 Å². The summed E-state index contributed by atoms with van der Waals surface area (Å²) >= 11 is 0. The molecule has 2 fully saturated rings. The van der Waals surface area contributed by atoms with Crippen molar-refractivity contribution in [1.29, 1.82) is 0 Å². The minimum atomic E-state index is -4.83. The number of benzene rings is 3. The van der Waals surface area contributed by atoms with Gasteiger partial charge < -0.3 is 30.1 Å². The predicted octanol–water partition coefficient (Wildman–Crippen LogP) is 7.38. The number of methoxy groups -OCH3 is 1. The molecule has 1 saturated carbocycles. The number of carbonyl (C=O) groups is 3. The molecule has 0 unspecified atom stereocenters. The fourth-order valence-electron chi connectivity index (χ4n) is 7.52. The molecule has 3 aliphatic rings. The van der Waals surface area contributed by atoms with Crippen LogP contribution in [0.2, 0.25) is 0 Å². The van der Waals surface area contributed by atoms with Crippen LogP contribution >= 0.6 is 0 Å². The number of amides is 2. The van der Waals surface area contributed by atoms with Gasteiger partial charge in [0.25, 0.3) is 0 Å². The number of alkyl halides is 3. The van der Waals surface area contributed by atoms with Crippen molar-refractivity contribution in [3.05, 3.63) is 96.3 Å². The van der Waals surface area contributed by atoms with E-state index < -0.39 is 65.0 Å². The van der Waals surface area contributed by atoms with E-state index in [0.717, 1.165) is 17.7 Å². The first-order valence-electron chi connectivity index (χ1n) is 18.2. The molecular weight excluding hydrogens is 720 g/mol. The lowest BCUT2D eigenvalue weighted by atomic mass is 10.0. The molecule has 2 aliphatic heterocycles. The summed E-state index contributed by atoms with van der Waals surface area (Å²) < 4.78 is 67.5. The van der Waals surface area contributed by atoms with Crippen LogP contribution in [0.4, 0.5) is 23.2 Å². The number of carboxylic acids is 1. The second kappa shape index (κ2) is 15.2. The summed E-state index contributed by atoms with van der Waals surface area (Å²) in [6.07, 6.45) is 0.962. The number of anilines is 1. The van der Waals surface area contributed by atoms with Crippen LogP contribution in [0.25, 0.3) is 22.2 Å². The number of allylic oxidation sites excluding steroid dienone is 1. The van der Waals surface area contributed by atoms with E-state index >= 15 is 0 Å². The van der Waals surface area contributed by atoms with Gasteiger partial charge in [-0.15, -0.1) is 0 Å². The summed E-state index contributed by atoms with van der Waals surface area (Å²) in [7, 11) is 1.54. The number of ether oxygens (including phenoxy) is 2. The third-order valence-corrected chi connectivity index (χ3v) is 10.5. The number of fused-ring (bicyclic) bond motifs is 3. The first-order valence-corrected chi connectivity index (χ1v) is 18.2. The second-order valence-electron chi connectivity index (χ2n) is 14.3. The maximum absolute atomic E-state index is 14.6. The van der Waals surface area contributed by atoms with Gasteiger partial charge in [-0.1, -0.05) is 55.3 Å². The SMILES string of the molecule is COc1ccc2c(O[C@@H]3C[C@H]4C(=O)N[C@]5(C(=O)O)C[C@H]5/C=C\CCCCC[C@H](Nc5cc(F)cc(C(F)(F)F)c5)C(=O)N4C3)cc(-c3ccccc3)nc2c1.